The fraction of sp³-hybridized carbons (Fsp3) is 0.724. The maximum absolute atomic E-state index is 13.6. The third-order valence-corrected chi connectivity index (χ3v) is 8.90. The molecule has 36 heavy (non-hydrogen) atoms. The van der Waals surface area contributed by atoms with Crippen molar-refractivity contribution in [3.05, 3.63) is 24.3 Å². The van der Waals surface area contributed by atoms with Crippen molar-refractivity contribution in [3.8, 4) is 0 Å². The van der Waals surface area contributed by atoms with Crippen LogP contribution in [0.2, 0.25) is 0 Å². The summed E-state index contributed by atoms with van der Waals surface area (Å²) in [6, 6.07) is 10.0. The lowest BCUT2D eigenvalue weighted by Gasteiger charge is -2.38. The Morgan fingerprint density at radius 1 is 0.917 bits per heavy atom. The number of likely N-dealkylation sites (tertiary alicyclic amines) is 2. The molecule has 4 heterocycles. The molecule has 7 nitrogen and oxygen atoms in total. The molecular formula is C29H44N4O3. The van der Waals surface area contributed by atoms with Crippen LogP contribution in [0.1, 0.15) is 72.6 Å². The van der Waals surface area contributed by atoms with Gasteiger partial charge in [0.05, 0.1) is 5.41 Å². The lowest BCUT2D eigenvalue weighted by atomic mass is 9.77. The van der Waals surface area contributed by atoms with Crippen molar-refractivity contribution in [2.45, 2.75) is 90.3 Å². The summed E-state index contributed by atoms with van der Waals surface area (Å²) < 4.78 is 5.53. The van der Waals surface area contributed by atoms with Crippen LogP contribution in [0, 0.1) is 5.41 Å². The van der Waals surface area contributed by atoms with Crippen molar-refractivity contribution in [2.75, 3.05) is 49.1 Å². The smallest absolute Gasteiger partial charge is 0.410 e. The van der Waals surface area contributed by atoms with Crippen LogP contribution in [0.3, 0.4) is 0 Å². The SMILES string of the molecule is C[C@H]1CCCCN1[C@H]1CCN(c2ccc(N3CCC4(CCN(C(=O)OC(C)(C)C)CC4)C3=O)cc2)C1. The van der Waals surface area contributed by atoms with Crippen LogP contribution >= 0.6 is 0 Å². The van der Waals surface area contributed by atoms with E-state index >= 15 is 0 Å². The van der Waals surface area contributed by atoms with E-state index in [0.717, 1.165) is 31.7 Å². The molecule has 4 aliphatic heterocycles. The molecule has 4 fully saturated rings. The highest BCUT2D eigenvalue weighted by Crippen LogP contribution is 2.43. The normalized spacial score (nSPS) is 27.2. The Labute approximate surface area is 216 Å². The molecule has 2 atom stereocenters. The van der Waals surface area contributed by atoms with Crippen LogP contribution in [-0.2, 0) is 9.53 Å². The number of hydrogen-bond acceptors (Lipinski definition) is 5. The highest BCUT2D eigenvalue weighted by molar-refractivity contribution is 6.00. The molecule has 4 saturated heterocycles. The minimum atomic E-state index is -0.500. The first-order valence-electron chi connectivity index (χ1n) is 14.1. The van der Waals surface area contributed by atoms with Crippen LogP contribution in [0.15, 0.2) is 24.3 Å². The summed E-state index contributed by atoms with van der Waals surface area (Å²) >= 11 is 0. The quantitative estimate of drug-likeness (QED) is 0.596. The molecule has 198 valence electrons. The van der Waals surface area contributed by atoms with E-state index in [-0.39, 0.29) is 17.4 Å². The number of carbonyl (C=O) groups excluding carboxylic acids is 2. The molecule has 1 aromatic carbocycles. The zero-order valence-electron chi connectivity index (χ0n) is 22.7. The molecule has 0 aliphatic carbocycles. The van der Waals surface area contributed by atoms with E-state index in [1.807, 2.05) is 25.7 Å². The second-order valence-corrected chi connectivity index (χ2v) is 12.4. The van der Waals surface area contributed by atoms with Crippen LogP contribution < -0.4 is 9.80 Å². The lowest BCUT2D eigenvalue weighted by Crippen LogP contribution is -2.48. The highest BCUT2D eigenvalue weighted by Gasteiger charge is 2.49. The summed E-state index contributed by atoms with van der Waals surface area (Å²) in [5, 5.41) is 0. The molecule has 1 spiro atoms. The molecule has 4 aliphatic rings. The van der Waals surface area contributed by atoms with E-state index in [2.05, 4.69) is 41.0 Å². The zero-order chi connectivity index (χ0) is 25.5. The van der Waals surface area contributed by atoms with Gasteiger partial charge in [-0.05, 0) is 97.0 Å². The molecule has 0 radical (unpaired) electrons. The number of carbonyl (C=O) groups is 2. The number of anilines is 2. The summed E-state index contributed by atoms with van der Waals surface area (Å²) in [6.07, 6.45) is 7.28. The first-order valence-corrected chi connectivity index (χ1v) is 14.1. The third kappa shape index (κ3) is 5.09. The molecule has 5 rings (SSSR count). The Hall–Kier alpha value is -2.28. The number of benzene rings is 1. The monoisotopic (exact) mass is 496 g/mol. The Kier molecular flexibility index (Phi) is 6.96. The van der Waals surface area contributed by atoms with Gasteiger partial charge < -0.3 is 19.4 Å². The van der Waals surface area contributed by atoms with E-state index in [4.69, 9.17) is 4.74 Å². The highest BCUT2D eigenvalue weighted by atomic mass is 16.6. The minimum Gasteiger partial charge on any atom is -0.444 e. The fourth-order valence-electron chi connectivity index (χ4n) is 6.73. The molecule has 2 amide bonds. The van der Waals surface area contributed by atoms with E-state index in [9.17, 15) is 9.59 Å². The molecule has 0 N–H and O–H groups in total. The van der Waals surface area contributed by atoms with Crippen molar-refractivity contribution in [1.82, 2.24) is 9.80 Å². The average Bonchev–Trinajstić information content (AvgIpc) is 3.45. The van der Waals surface area contributed by atoms with Gasteiger partial charge in [0.15, 0.2) is 0 Å². The van der Waals surface area contributed by atoms with Crippen molar-refractivity contribution < 1.29 is 14.3 Å². The van der Waals surface area contributed by atoms with Gasteiger partial charge in [-0.3, -0.25) is 9.69 Å². The van der Waals surface area contributed by atoms with Gasteiger partial charge in [0.2, 0.25) is 5.91 Å². The van der Waals surface area contributed by atoms with Gasteiger partial charge in [0, 0.05) is 56.2 Å². The second-order valence-electron chi connectivity index (χ2n) is 12.4. The molecule has 0 unspecified atom stereocenters. The van der Waals surface area contributed by atoms with Crippen molar-refractivity contribution in [3.63, 3.8) is 0 Å². The molecule has 0 aromatic heterocycles. The predicted molar refractivity (Wildman–Crippen MR) is 144 cm³/mol. The maximum Gasteiger partial charge on any atom is 0.410 e. The third-order valence-electron chi connectivity index (χ3n) is 8.90. The van der Waals surface area contributed by atoms with Gasteiger partial charge in [-0.1, -0.05) is 6.42 Å². The molecule has 0 bridgehead atoms. The average molecular weight is 497 g/mol. The number of amides is 2. The Balaban J connectivity index is 1.17. The molecule has 7 heteroatoms. The number of ether oxygens (including phenoxy) is 1. The number of nitrogens with zero attached hydrogens (tertiary/aromatic N) is 4. The standard InChI is InChI=1S/C29H44N4O3/c1-22-7-5-6-16-32(22)25-12-17-31(21-25)23-8-10-24(11-9-23)33-20-15-29(26(33)34)13-18-30(19-14-29)27(35)36-28(2,3)4/h8-11,22,25H,5-7,12-21H2,1-4H3/t22-,25-/m0/s1. The van der Waals surface area contributed by atoms with Gasteiger partial charge in [-0.25, -0.2) is 4.79 Å². The Bertz CT molecular complexity index is 948. The predicted octanol–water partition coefficient (Wildman–Crippen LogP) is 4.89. The molecule has 1 aromatic rings. The molecule has 0 saturated carbocycles. The van der Waals surface area contributed by atoms with E-state index < -0.39 is 5.60 Å². The summed E-state index contributed by atoms with van der Waals surface area (Å²) in [5.41, 5.74) is 1.42. The van der Waals surface area contributed by atoms with E-state index in [1.165, 1.54) is 37.9 Å². The van der Waals surface area contributed by atoms with Crippen molar-refractivity contribution in [1.29, 1.82) is 0 Å². The lowest BCUT2D eigenvalue weighted by molar-refractivity contribution is -0.128. The minimum absolute atomic E-state index is 0.222. The summed E-state index contributed by atoms with van der Waals surface area (Å²) in [7, 11) is 0. The van der Waals surface area contributed by atoms with E-state index in [1.54, 1.807) is 4.90 Å². The van der Waals surface area contributed by atoms with Crippen LogP contribution in [0.25, 0.3) is 0 Å². The maximum atomic E-state index is 13.6. The summed E-state index contributed by atoms with van der Waals surface area (Å²) in [4.78, 5) is 35.0. The van der Waals surface area contributed by atoms with Crippen molar-refractivity contribution in [2.24, 2.45) is 5.41 Å². The van der Waals surface area contributed by atoms with Gasteiger partial charge in [0.1, 0.15) is 5.60 Å². The fourth-order valence-corrected chi connectivity index (χ4v) is 6.73. The van der Waals surface area contributed by atoms with Gasteiger partial charge >= 0.3 is 6.09 Å². The first kappa shape index (κ1) is 25.4. The molecular weight excluding hydrogens is 452 g/mol. The van der Waals surface area contributed by atoms with E-state index in [0.29, 0.717) is 38.0 Å². The number of rotatable bonds is 3. The largest absolute Gasteiger partial charge is 0.444 e. The van der Waals surface area contributed by atoms with Crippen LogP contribution in [-0.4, -0.2) is 78.8 Å². The first-order chi connectivity index (χ1) is 17.2. The number of piperidine rings is 2. The number of hydrogen-bond donors (Lipinski definition) is 0. The second kappa shape index (κ2) is 9.88. The zero-order valence-corrected chi connectivity index (χ0v) is 22.7. The van der Waals surface area contributed by atoms with Crippen LogP contribution in [0.4, 0.5) is 16.2 Å². The van der Waals surface area contributed by atoms with Crippen molar-refractivity contribution >= 4 is 23.4 Å². The van der Waals surface area contributed by atoms with Gasteiger partial charge in [0.25, 0.3) is 0 Å². The van der Waals surface area contributed by atoms with Crippen LogP contribution in [0.5, 0.6) is 0 Å². The van der Waals surface area contributed by atoms with Gasteiger partial charge in [-0.15, -0.1) is 0 Å². The summed E-state index contributed by atoms with van der Waals surface area (Å²) in [5.74, 6) is 0.222. The Morgan fingerprint density at radius 3 is 2.25 bits per heavy atom. The summed E-state index contributed by atoms with van der Waals surface area (Å²) in [6.45, 7) is 13.4. The Morgan fingerprint density at radius 2 is 1.58 bits per heavy atom. The topological polar surface area (TPSA) is 56.3 Å². The van der Waals surface area contributed by atoms with Gasteiger partial charge in [-0.2, -0.15) is 0 Å².